The van der Waals surface area contributed by atoms with Crippen molar-refractivity contribution in [3.8, 4) is 0 Å². The Hall–Kier alpha value is -2.18. The molecule has 0 bridgehead atoms. The van der Waals surface area contributed by atoms with Gasteiger partial charge < -0.3 is 15.7 Å². The summed E-state index contributed by atoms with van der Waals surface area (Å²) < 4.78 is 12.8. The number of nitrogens with zero attached hydrogens (tertiary/aromatic N) is 1. The van der Waals surface area contributed by atoms with Gasteiger partial charge in [-0.2, -0.15) is 0 Å². The van der Waals surface area contributed by atoms with Crippen LogP contribution in [0.3, 0.4) is 0 Å². The van der Waals surface area contributed by atoms with Crippen LogP contribution in [-0.4, -0.2) is 35.1 Å². The third kappa shape index (κ3) is 3.13. The number of hydrogen-bond acceptors (Lipinski definition) is 4. The molecule has 1 aromatic heterocycles. The van der Waals surface area contributed by atoms with Crippen molar-refractivity contribution in [3.63, 3.8) is 0 Å². The van der Waals surface area contributed by atoms with Crippen molar-refractivity contribution in [2.24, 2.45) is 0 Å². The molecular weight excluding hydrogens is 229 g/mol. The highest BCUT2D eigenvalue weighted by atomic mass is 19.1. The summed E-state index contributed by atoms with van der Waals surface area (Å²) in [5.41, 5.74) is -0.319. The van der Waals surface area contributed by atoms with E-state index in [1.165, 1.54) is 14.0 Å². The molecule has 92 valence electrons. The van der Waals surface area contributed by atoms with E-state index in [4.69, 9.17) is 5.11 Å². The fraction of sp³-hybridized carbons (Fsp3) is 0.300. The van der Waals surface area contributed by atoms with Gasteiger partial charge in [0.2, 0.25) is 5.91 Å². The number of carbonyl (C=O) groups is 2. The van der Waals surface area contributed by atoms with Gasteiger partial charge in [0.15, 0.2) is 0 Å². The Morgan fingerprint density at radius 2 is 2.18 bits per heavy atom. The summed E-state index contributed by atoms with van der Waals surface area (Å²) in [4.78, 5) is 25.7. The van der Waals surface area contributed by atoms with Gasteiger partial charge in [0.25, 0.3) is 0 Å². The molecule has 0 spiro atoms. The smallest absolute Gasteiger partial charge is 0.339 e. The molecule has 0 aliphatic carbocycles. The second-order valence-corrected chi connectivity index (χ2v) is 3.34. The molecule has 1 heterocycles. The average Bonchev–Trinajstić information content (AvgIpc) is 2.29. The average molecular weight is 241 g/mol. The fourth-order valence-corrected chi connectivity index (χ4v) is 1.20. The number of aromatic carboxylic acids is 1. The SMILES string of the molecule is CNC(=O)C(C)Nc1ncc(F)cc1C(=O)O. The molecule has 1 amide bonds. The molecule has 0 aliphatic rings. The predicted molar refractivity (Wildman–Crippen MR) is 58.3 cm³/mol. The molecule has 6 nitrogen and oxygen atoms in total. The van der Waals surface area contributed by atoms with E-state index in [2.05, 4.69) is 15.6 Å². The van der Waals surface area contributed by atoms with Crippen molar-refractivity contribution in [1.82, 2.24) is 10.3 Å². The normalized spacial score (nSPS) is 11.7. The van der Waals surface area contributed by atoms with Crippen molar-refractivity contribution < 1.29 is 19.1 Å². The standard InChI is InChI=1S/C10H12FN3O3/c1-5(9(15)12-2)14-8-7(10(16)17)3-6(11)4-13-8/h3-5H,1-2H3,(H,12,15)(H,13,14)(H,16,17). The predicted octanol–water partition coefficient (Wildman–Crippen LogP) is 0.465. The number of carboxylic acids is 1. The van der Waals surface area contributed by atoms with E-state index in [-0.39, 0.29) is 17.3 Å². The lowest BCUT2D eigenvalue weighted by atomic mass is 10.2. The number of halogens is 1. The van der Waals surface area contributed by atoms with Gasteiger partial charge in [0.05, 0.1) is 6.20 Å². The molecule has 1 rings (SSSR count). The summed E-state index contributed by atoms with van der Waals surface area (Å²) in [6.45, 7) is 1.54. The molecule has 17 heavy (non-hydrogen) atoms. The monoisotopic (exact) mass is 241 g/mol. The van der Waals surface area contributed by atoms with Crippen molar-refractivity contribution in [2.75, 3.05) is 12.4 Å². The van der Waals surface area contributed by atoms with Crippen LogP contribution in [0.1, 0.15) is 17.3 Å². The molecule has 1 atom stereocenters. The molecule has 0 saturated carbocycles. The molecule has 3 N–H and O–H groups in total. The van der Waals surface area contributed by atoms with Gasteiger partial charge in [-0.25, -0.2) is 14.2 Å². The van der Waals surface area contributed by atoms with Crippen molar-refractivity contribution in [1.29, 1.82) is 0 Å². The van der Waals surface area contributed by atoms with E-state index in [1.54, 1.807) is 0 Å². The van der Waals surface area contributed by atoms with Crippen LogP contribution in [0.2, 0.25) is 0 Å². The Balaban J connectivity index is 2.98. The number of likely N-dealkylation sites (N-methyl/N-ethyl adjacent to an activating group) is 1. The van der Waals surface area contributed by atoms with Crippen LogP contribution in [0.5, 0.6) is 0 Å². The minimum absolute atomic E-state index is 0.0463. The largest absolute Gasteiger partial charge is 0.478 e. The first-order valence-corrected chi connectivity index (χ1v) is 4.82. The van der Waals surface area contributed by atoms with E-state index in [0.29, 0.717) is 0 Å². The maximum atomic E-state index is 12.8. The molecule has 0 aromatic carbocycles. The molecular formula is C10H12FN3O3. The molecule has 0 fully saturated rings. The maximum Gasteiger partial charge on any atom is 0.339 e. The Morgan fingerprint density at radius 1 is 1.53 bits per heavy atom. The summed E-state index contributed by atoms with van der Waals surface area (Å²) in [5.74, 6) is -2.44. The number of rotatable bonds is 4. The minimum atomic E-state index is -1.32. The topological polar surface area (TPSA) is 91.3 Å². The third-order valence-corrected chi connectivity index (χ3v) is 2.08. The van der Waals surface area contributed by atoms with Crippen LogP contribution in [0.4, 0.5) is 10.2 Å². The summed E-state index contributed by atoms with van der Waals surface area (Å²) in [5, 5.41) is 13.8. The number of hydrogen-bond donors (Lipinski definition) is 3. The first kappa shape index (κ1) is 12.9. The fourth-order valence-electron chi connectivity index (χ4n) is 1.20. The number of aromatic nitrogens is 1. The van der Waals surface area contributed by atoms with Crippen LogP contribution < -0.4 is 10.6 Å². The highest BCUT2D eigenvalue weighted by Gasteiger charge is 2.17. The molecule has 1 aromatic rings. The van der Waals surface area contributed by atoms with E-state index in [1.807, 2.05) is 0 Å². The number of amides is 1. The molecule has 7 heteroatoms. The number of carboxylic acid groups (broad SMARTS) is 1. The molecule has 1 unspecified atom stereocenters. The number of pyridine rings is 1. The number of anilines is 1. The zero-order valence-electron chi connectivity index (χ0n) is 9.32. The van der Waals surface area contributed by atoms with Gasteiger partial charge in [-0.05, 0) is 13.0 Å². The quantitative estimate of drug-likeness (QED) is 0.712. The summed E-state index contributed by atoms with van der Waals surface area (Å²) >= 11 is 0. The van der Waals surface area contributed by atoms with E-state index >= 15 is 0 Å². The Morgan fingerprint density at radius 3 is 2.71 bits per heavy atom. The highest BCUT2D eigenvalue weighted by Crippen LogP contribution is 2.14. The van der Waals surface area contributed by atoms with E-state index in [0.717, 1.165) is 12.3 Å². The lowest BCUT2D eigenvalue weighted by molar-refractivity contribution is -0.121. The summed E-state index contributed by atoms with van der Waals surface area (Å²) in [6, 6.07) is 0.171. The van der Waals surface area contributed by atoms with Crippen LogP contribution in [0, 0.1) is 5.82 Å². The lowest BCUT2D eigenvalue weighted by Gasteiger charge is -2.14. The van der Waals surface area contributed by atoms with Gasteiger partial charge in [-0.15, -0.1) is 0 Å². The van der Waals surface area contributed by atoms with E-state index < -0.39 is 17.8 Å². The van der Waals surface area contributed by atoms with E-state index in [9.17, 15) is 14.0 Å². The van der Waals surface area contributed by atoms with Gasteiger partial charge in [-0.1, -0.05) is 0 Å². The highest BCUT2D eigenvalue weighted by molar-refractivity contribution is 5.94. The first-order valence-electron chi connectivity index (χ1n) is 4.82. The molecule has 0 saturated heterocycles. The number of nitrogens with one attached hydrogen (secondary N) is 2. The summed E-state index contributed by atoms with van der Waals surface area (Å²) in [7, 11) is 1.46. The Labute approximate surface area is 96.9 Å². The zero-order chi connectivity index (χ0) is 13.0. The van der Waals surface area contributed by atoms with Crippen LogP contribution in [0.15, 0.2) is 12.3 Å². The van der Waals surface area contributed by atoms with Crippen molar-refractivity contribution in [3.05, 3.63) is 23.6 Å². The number of carbonyl (C=O) groups excluding carboxylic acids is 1. The second-order valence-electron chi connectivity index (χ2n) is 3.34. The Bertz CT molecular complexity index is 450. The maximum absolute atomic E-state index is 12.8. The first-order chi connectivity index (χ1) is 7.95. The van der Waals surface area contributed by atoms with Crippen molar-refractivity contribution in [2.45, 2.75) is 13.0 Å². The van der Waals surface area contributed by atoms with Gasteiger partial charge in [-0.3, -0.25) is 4.79 Å². The lowest BCUT2D eigenvalue weighted by Crippen LogP contribution is -2.35. The van der Waals surface area contributed by atoms with Crippen LogP contribution >= 0.6 is 0 Å². The summed E-state index contributed by atoms with van der Waals surface area (Å²) in [6.07, 6.45) is 0.880. The molecule has 0 radical (unpaired) electrons. The minimum Gasteiger partial charge on any atom is -0.478 e. The Kier molecular flexibility index (Phi) is 3.97. The zero-order valence-corrected chi connectivity index (χ0v) is 9.32. The molecule has 0 aliphatic heterocycles. The van der Waals surface area contributed by atoms with Gasteiger partial charge >= 0.3 is 5.97 Å². The second kappa shape index (κ2) is 5.24. The van der Waals surface area contributed by atoms with Crippen LogP contribution in [-0.2, 0) is 4.79 Å². The van der Waals surface area contributed by atoms with Gasteiger partial charge in [0.1, 0.15) is 23.2 Å². The van der Waals surface area contributed by atoms with Crippen molar-refractivity contribution >= 4 is 17.7 Å². The third-order valence-electron chi connectivity index (χ3n) is 2.08. The van der Waals surface area contributed by atoms with Gasteiger partial charge in [0, 0.05) is 7.05 Å². The van der Waals surface area contributed by atoms with Crippen LogP contribution in [0.25, 0.3) is 0 Å².